The summed E-state index contributed by atoms with van der Waals surface area (Å²) in [6.07, 6.45) is 0.253. The third-order valence-corrected chi connectivity index (χ3v) is 4.08. The summed E-state index contributed by atoms with van der Waals surface area (Å²) in [5, 5.41) is 12.8. The van der Waals surface area contributed by atoms with Crippen LogP contribution in [0.2, 0.25) is 0 Å². The topological polar surface area (TPSA) is 63.5 Å². The first-order valence-corrected chi connectivity index (χ1v) is 7.88. The minimum atomic E-state index is -0.357. The summed E-state index contributed by atoms with van der Waals surface area (Å²) in [4.78, 5) is 25.2. The molecule has 0 aliphatic carbocycles. The van der Waals surface area contributed by atoms with Gasteiger partial charge in [-0.3, -0.25) is 0 Å². The highest BCUT2D eigenvalue weighted by molar-refractivity contribution is 9.10. The first-order chi connectivity index (χ1) is 11.1. The fourth-order valence-electron chi connectivity index (χ4n) is 2.43. The average molecular weight is 373 g/mol. The van der Waals surface area contributed by atoms with Gasteiger partial charge in [0.05, 0.1) is 18.4 Å². The van der Waals surface area contributed by atoms with E-state index in [1.54, 1.807) is 54.6 Å². The van der Waals surface area contributed by atoms with Gasteiger partial charge < -0.3 is 5.21 Å². The Balaban J connectivity index is 2.20. The molecule has 0 unspecified atom stereocenters. The van der Waals surface area contributed by atoms with E-state index in [2.05, 4.69) is 15.9 Å². The van der Waals surface area contributed by atoms with Crippen LogP contribution in [0.4, 0.5) is 5.69 Å². The van der Waals surface area contributed by atoms with Crippen LogP contribution in [0, 0.1) is 5.21 Å². The molecule has 0 saturated carbocycles. The van der Waals surface area contributed by atoms with Crippen molar-refractivity contribution in [1.82, 2.24) is 4.90 Å². The second-order valence-corrected chi connectivity index (χ2v) is 6.00. The van der Waals surface area contributed by atoms with Gasteiger partial charge in [0, 0.05) is 4.47 Å². The molecule has 2 amide bonds. The van der Waals surface area contributed by atoms with Gasteiger partial charge in [-0.15, -0.1) is 4.90 Å². The van der Waals surface area contributed by atoms with Crippen LogP contribution < -0.4 is 0 Å². The lowest BCUT2D eigenvalue weighted by atomic mass is 10.2. The summed E-state index contributed by atoms with van der Waals surface area (Å²) in [5.74, 6) is -0.675. The molecule has 1 fully saturated rings. The van der Waals surface area contributed by atoms with E-state index >= 15 is 0 Å². The third kappa shape index (κ3) is 3.03. The van der Waals surface area contributed by atoms with E-state index in [0.717, 1.165) is 9.37 Å². The van der Waals surface area contributed by atoms with Crippen LogP contribution >= 0.6 is 15.9 Å². The Morgan fingerprint density at radius 2 is 1.52 bits per heavy atom. The Hall–Kier alpha value is -2.47. The number of carbonyl (C=O) groups excluding carboxylic acids is 2. The Morgan fingerprint density at radius 1 is 0.957 bits per heavy atom. The van der Waals surface area contributed by atoms with E-state index < -0.39 is 0 Å². The molecular formula is C17H13BrN2O3. The van der Waals surface area contributed by atoms with Gasteiger partial charge >= 0.3 is 17.6 Å². The minimum absolute atomic E-state index is 0.0381. The molecule has 23 heavy (non-hydrogen) atoms. The molecular weight excluding hydrogens is 360 g/mol. The van der Waals surface area contributed by atoms with E-state index in [1.807, 2.05) is 0 Å². The van der Waals surface area contributed by atoms with Gasteiger partial charge in [-0.2, -0.15) is 0 Å². The fraction of sp³-hybridized carbons (Fsp3) is 0.118. The van der Waals surface area contributed by atoms with Gasteiger partial charge in [-0.25, -0.2) is 14.3 Å². The number of hydrogen-bond acceptors (Lipinski definition) is 3. The quantitative estimate of drug-likeness (QED) is 0.203. The normalized spacial score (nSPS) is 15.8. The first-order valence-electron chi connectivity index (χ1n) is 7.09. The third-order valence-electron chi connectivity index (χ3n) is 3.55. The Bertz CT molecular complexity index is 769. The predicted molar refractivity (Wildman–Crippen MR) is 89.1 cm³/mol. The highest BCUT2D eigenvalue weighted by Crippen LogP contribution is 2.21. The fourth-order valence-corrected chi connectivity index (χ4v) is 2.70. The van der Waals surface area contributed by atoms with Crippen molar-refractivity contribution in [2.45, 2.75) is 12.8 Å². The first kappa shape index (κ1) is 15.4. The largest absolute Gasteiger partial charge is 0.710 e. The molecule has 0 spiro atoms. The van der Waals surface area contributed by atoms with E-state index in [1.165, 1.54) is 0 Å². The summed E-state index contributed by atoms with van der Waals surface area (Å²) >= 11 is 3.34. The number of para-hydroxylation sites is 1. The van der Waals surface area contributed by atoms with Crippen molar-refractivity contribution in [3.8, 4) is 0 Å². The van der Waals surface area contributed by atoms with E-state index in [-0.39, 0.29) is 30.5 Å². The lowest BCUT2D eigenvalue weighted by molar-refractivity contribution is -0.365. The lowest BCUT2D eigenvalue weighted by Crippen LogP contribution is -2.40. The molecule has 0 N–H and O–H groups in total. The Kier molecular flexibility index (Phi) is 4.25. The molecule has 0 bridgehead atoms. The van der Waals surface area contributed by atoms with E-state index in [4.69, 9.17) is 0 Å². The Labute approximate surface area is 141 Å². The predicted octanol–water partition coefficient (Wildman–Crippen LogP) is 3.19. The summed E-state index contributed by atoms with van der Waals surface area (Å²) in [6.45, 7) is 0. The summed E-state index contributed by atoms with van der Waals surface area (Å²) in [5.41, 5.74) is 0.869. The maximum atomic E-state index is 12.8. The van der Waals surface area contributed by atoms with Crippen LogP contribution in [-0.2, 0) is 9.59 Å². The van der Waals surface area contributed by atoms with E-state index in [0.29, 0.717) is 16.0 Å². The standard InChI is InChI=1S/C17H13BrN2O3/c18-13-8-6-12(7-9-13)17(19-15(21)10-11-16(19)22)20(23)14-4-2-1-3-5-14/h1-9H,10-11H2/b20-17+. The zero-order valence-electron chi connectivity index (χ0n) is 12.1. The summed E-state index contributed by atoms with van der Waals surface area (Å²) in [7, 11) is 0. The molecule has 0 radical (unpaired) electrons. The van der Waals surface area contributed by atoms with Crippen molar-refractivity contribution in [2.75, 3.05) is 0 Å². The zero-order chi connectivity index (χ0) is 16.4. The molecule has 1 aliphatic rings. The highest BCUT2D eigenvalue weighted by atomic mass is 79.9. The molecule has 5 nitrogen and oxygen atoms in total. The molecule has 0 aromatic heterocycles. The van der Waals surface area contributed by atoms with Crippen molar-refractivity contribution in [3.05, 3.63) is 69.8 Å². The number of imide groups is 1. The van der Waals surface area contributed by atoms with Crippen molar-refractivity contribution in [1.29, 1.82) is 0 Å². The lowest BCUT2D eigenvalue weighted by Gasteiger charge is -2.18. The molecule has 2 aromatic carbocycles. The van der Waals surface area contributed by atoms with Gasteiger partial charge in [-0.1, -0.05) is 34.1 Å². The van der Waals surface area contributed by atoms with Crippen LogP contribution in [0.25, 0.3) is 0 Å². The maximum Gasteiger partial charge on any atom is 0.317 e. The number of rotatable bonds is 2. The number of amides is 2. The van der Waals surface area contributed by atoms with Gasteiger partial charge in [0.15, 0.2) is 0 Å². The smallest absolute Gasteiger partial charge is 0.317 e. The van der Waals surface area contributed by atoms with Crippen LogP contribution in [0.15, 0.2) is 59.1 Å². The molecule has 6 heteroatoms. The SMILES string of the molecule is O=C1CCC(=O)N1/C(c1ccc(Br)cc1)=[N+](/[O-])c1ccccc1. The summed E-state index contributed by atoms with van der Waals surface area (Å²) in [6, 6.07) is 15.5. The number of amidine groups is 1. The van der Waals surface area contributed by atoms with Gasteiger partial charge in [0.2, 0.25) is 0 Å². The number of hydrogen-bond donors (Lipinski definition) is 0. The molecule has 0 atom stereocenters. The molecule has 116 valence electrons. The molecule has 1 saturated heterocycles. The second-order valence-electron chi connectivity index (χ2n) is 5.08. The Morgan fingerprint density at radius 3 is 2.09 bits per heavy atom. The van der Waals surface area contributed by atoms with Crippen LogP contribution in [0.1, 0.15) is 18.4 Å². The molecule has 3 rings (SSSR count). The van der Waals surface area contributed by atoms with Crippen molar-refractivity contribution < 1.29 is 14.3 Å². The summed E-state index contributed by atoms with van der Waals surface area (Å²) < 4.78 is 1.47. The van der Waals surface area contributed by atoms with E-state index in [9.17, 15) is 14.8 Å². The average Bonchev–Trinajstić information content (AvgIpc) is 2.90. The highest BCUT2D eigenvalue weighted by Gasteiger charge is 2.42. The van der Waals surface area contributed by atoms with Crippen LogP contribution in [0.3, 0.4) is 0 Å². The molecule has 1 aliphatic heterocycles. The van der Waals surface area contributed by atoms with Crippen molar-refractivity contribution in [2.24, 2.45) is 0 Å². The number of nitrogens with zero attached hydrogens (tertiary/aromatic N) is 2. The van der Waals surface area contributed by atoms with Gasteiger partial charge in [-0.05, 0) is 36.4 Å². The molecule has 2 aromatic rings. The number of benzene rings is 2. The van der Waals surface area contributed by atoms with Gasteiger partial charge in [0.25, 0.3) is 0 Å². The van der Waals surface area contributed by atoms with Gasteiger partial charge in [0.1, 0.15) is 5.69 Å². The number of likely N-dealkylation sites (tertiary alicyclic amines) is 1. The maximum absolute atomic E-state index is 12.8. The zero-order valence-corrected chi connectivity index (χ0v) is 13.7. The van der Waals surface area contributed by atoms with Crippen LogP contribution in [-0.4, -0.2) is 27.3 Å². The minimum Gasteiger partial charge on any atom is -0.710 e. The van der Waals surface area contributed by atoms with Crippen molar-refractivity contribution in [3.63, 3.8) is 0 Å². The molecule has 1 heterocycles. The van der Waals surface area contributed by atoms with Crippen LogP contribution in [0.5, 0.6) is 0 Å². The second kappa shape index (κ2) is 6.34. The monoisotopic (exact) mass is 372 g/mol. The van der Waals surface area contributed by atoms with Crippen molar-refractivity contribution >= 4 is 39.3 Å². The number of carbonyl (C=O) groups is 2. The number of halogens is 1.